The molecule has 22 heavy (non-hydrogen) atoms. The Morgan fingerprint density at radius 1 is 0.682 bits per heavy atom. The molecule has 0 aliphatic rings. The summed E-state index contributed by atoms with van der Waals surface area (Å²) in [5.74, 6) is 0. The van der Waals surface area contributed by atoms with Crippen molar-refractivity contribution in [2.45, 2.75) is 79.1 Å². The first-order valence-electron chi connectivity index (χ1n) is 8.08. The van der Waals surface area contributed by atoms with Crippen LogP contribution in [0, 0.1) is 0 Å². The second-order valence-corrected chi connectivity index (χ2v) is 9.79. The van der Waals surface area contributed by atoms with Crippen LogP contribution in [0.4, 0.5) is 0 Å². The Morgan fingerprint density at radius 3 is 1.23 bits per heavy atom. The number of nitrogens with zero attached hydrogens (tertiary/aromatic N) is 2. The SMILES string of the molecule is CCc1nc(C(C)(C)C)sc1-c1sc(C(C)(C)C)nc1CC. The van der Waals surface area contributed by atoms with Crippen molar-refractivity contribution in [3.05, 3.63) is 21.4 Å². The summed E-state index contributed by atoms with van der Waals surface area (Å²) in [5, 5.41) is 2.46. The van der Waals surface area contributed by atoms with Gasteiger partial charge in [0.05, 0.1) is 31.2 Å². The molecule has 122 valence electrons. The van der Waals surface area contributed by atoms with Crippen molar-refractivity contribution in [1.82, 2.24) is 9.97 Å². The van der Waals surface area contributed by atoms with Gasteiger partial charge in [0.15, 0.2) is 0 Å². The fraction of sp³-hybridized carbons (Fsp3) is 0.667. The minimum Gasteiger partial charge on any atom is -0.245 e. The Hall–Kier alpha value is -0.740. The van der Waals surface area contributed by atoms with Gasteiger partial charge < -0.3 is 0 Å². The van der Waals surface area contributed by atoms with Crippen molar-refractivity contribution in [3.8, 4) is 9.75 Å². The highest BCUT2D eigenvalue weighted by Gasteiger charge is 2.26. The van der Waals surface area contributed by atoms with Gasteiger partial charge in [-0.05, 0) is 12.8 Å². The van der Waals surface area contributed by atoms with Crippen LogP contribution in [0.2, 0.25) is 0 Å². The summed E-state index contributed by atoms with van der Waals surface area (Å²) in [7, 11) is 0. The smallest absolute Gasteiger partial charge is 0.0988 e. The molecule has 0 spiro atoms. The average molecular weight is 337 g/mol. The molecule has 0 unspecified atom stereocenters. The molecule has 2 rings (SSSR count). The molecule has 4 heteroatoms. The molecule has 0 aliphatic carbocycles. The third kappa shape index (κ3) is 3.43. The van der Waals surface area contributed by atoms with E-state index in [0.717, 1.165) is 12.8 Å². The minimum absolute atomic E-state index is 0.108. The van der Waals surface area contributed by atoms with Crippen LogP contribution in [0.25, 0.3) is 9.75 Å². The van der Waals surface area contributed by atoms with E-state index in [1.165, 1.54) is 31.2 Å². The lowest BCUT2D eigenvalue weighted by molar-refractivity contribution is 0.583. The van der Waals surface area contributed by atoms with E-state index >= 15 is 0 Å². The van der Waals surface area contributed by atoms with E-state index in [4.69, 9.17) is 9.97 Å². The van der Waals surface area contributed by atoms with Crippen molar-refractivity contribution in [2.75, 3.05) is 0 Å². The van der Waals surface area contributed by atoms with Crippen LogP contribution < -0.4 is 0 Å². The molecule has 0 atom stereocenters. The lowest BCUT2D eigenvalue weighted by Crippen LogP contribution is -2.10. The number of hydrogen-bond donors (Lipinski definition) is 0. The molecule has 0 aliphatic heterocycles. The molecule has 0 amide bonds. The van der Waals surface area contributed by atoms with Crippen molar-refractivity contribution < 1.29 is 0 Å². The Balaban J connectivity index is 2.61. The van der Waals surface area contributed by atoms with E-state index in [1.807, 2.05) is 22.7 Å². The molecule has 0 saturated carbocycles. The van der Waals surface area contributed by atoms with Gasteiger partial charge in [-0.15, -0.1) is 22.7 Å². The molecule has 2 aromatic rings. The monoisotopic (exact) mass is 336 g/mol. The second kappa shape index (κ2) is 6.04. The number of aryl methyl sites for hydroxylation is 2. The Labute approximate surface area is 143 Å². The van der Waals surface area contributed by atoms with E-state index < -0.39 is 0 Å². The molecule has 0 saturated heterocycles. The van der Waals surface area contributed by atoms with E-state index in [-0.39, 0.29) is 10.8 Å². The van der Waals surface area contributed by atoms with Gasteiger partial charge in [-0.25, -0.2) is 9.97 Å². The van der Waals surface area contributed by atoms with Gasteiger partial charge in [-0.1, -0.05) is 55.4 Å². The highest BCUT2D eigenvalue weighted by Crippen LogP contribution is 2.42. The molecule has 2 nitrogen and oxygen atoms in total. The van der Waals surface area contributed by atoms with Crippen LogP contribution in [0.1, 0.15) is 76.8 Å². The predicted molar refractivity (Wildman–Crippen MR) is 99.4 cm³/mol. The third-order valence-corrected chi connectivity index (χ3v) is 6.76. The van der Waals surface area contributed by atoms with E-state index in [1.54, 1.807) is 0 Å². The third-order valence-electron chi connectivity index (χ3n) is 3.55. The molecule has 0 radical (unpaired) electrons. The molecular weight excluding hydrogens is 308 g/mol. The summed E-state index contributed by atoms with van der Waals surface area (Å²) in [6.07, 6.45) is 1.96. The van der Waals surface area contributed by atoms with Crippen LogP contribution in [-0.4, -0.2) is 9.97 Å². The first-order chi connectivity index (χ1) is 10.1. The number of hydrogen-bond acceptors (Lipinski definition) is 4. The van der Waals surface area contributed by atoms with Gasteiger partial charge in [0, 0.05) is 10.8 Å². The standard InChI is InChI=1S/C18H28N2S2/c1-9-11-13(21-15(19-11)17(3,4)5)14-12(10-2)20-16(22-14)18(6,7)8/h9-10H2,1-8H3. The normalized spacial score (nSPS) is 12.9. The lowest BCUT2D eigenvalue weighted by Gasteiger charge is -2.13. The first kappa shape index (κ1) is 17.6. The summed E-state index contributed by atoms with van der Waals surface area (Å²) in [4.78, 5) is 12.5. The maximum Gasteiger partial charge on any atom is 0.0988 e. The molecule has 2 heterocycles. The van der Waals surface area contributed by atoms with Crippen LogP contribution in [-0.2, 0) is 23.7 Å². The Morgan fingerprint density at radius 2 is 1.00 bits per heavy atom. The number of aromatic nitrogens is 2. The molecule has 0 fully saturated rings. The van der Waals surface area contributed by atoms with Crippen LogP contribution in [0.15, 0.2) is 0 Å². The Kier molecular flexibility index (Phi) is 4.84. The second-order valence-electron chi connectivity index (χ2n) is 7.80. The fourth-order valence-corrected chi connectivity index (χ4v) is 4.78. The maximum absolute atomic E-state index is 4.92. The van der Waals surface area contributed by atoms with Gasteiger partial charge in [0.2, 0.25) is 0 Å². The van der Waals surface area contributed by atoms with E-state index in [9.17, 15) is 0 Å². The summed E-state index contributed by atoms with van der Waals surface area (Å²) >= 11 is 3.71. The largest absolute Gasteiger partial charge is 0.245 e. The topological polar surface area (TPSA) is 25.8 Å². The van der Waals surface area contributed by atoms with Crippen molar-refractivity contribution >= 4 is 22.7 Å². The number of rotatable bonds is 3. The van der Waals surface area contributed by atoms with Crippen molar-refractivity contribution in [1.29, 1.82) is 0 Å². The highest BCUT2D eigenvalue weighted by molar-refractivity contribution is 7.22. The first-order valence-corrected chi connectivity index (χ1v) is 9.72. The van der Waals surface area contributed by atoms with E-state index in [0.29, 0.717) is 0 Å². The Bertz CT molecular complexity index is 593. The molecule has 2 aromatic heterocycles. The quantitative estimate of drug-likeness (QED) is 0.688. The maximum atomic E-state index is 4.92. The predicted octanol–water partition coefficient (Wildman–Crippen LogP) is 5.99. The van der Waals surface area contributed by atoms with Gasteiger partial charge in [0.25, 0.3) is 0 Å². The average Bonchev–Trinajstić information content (AvgIpc) is 3.00. The van der Waals surface area contributed by atoms with Gasteiger partial charge >= 0.3 is 0 Å². The van der Waals surface area contributed by atoms with E-state index in [2.05, 4.69) is 55.4 Å². The van der Waals surface area contributed by atoms with Crippen LogP contribution in [0.5, 0.6) is 0 Å². The van der Waals surface area contributed by atoms with Gasteiger partial charge in [-0.3, -0.25) is 0 Å². The minimum atomic E-state index is 0.108. The van der Waals surface area contributed by atoms with Crippen LogP contribution in [0.3, 0.4) is 0 Å². The van der Waals surface area contributed by atoms with Crippen molar-refractivity contribution in [3.63, 3.8) is 0 Å². The molecule has 0 N–H and O–H groups in total. The summed E-state index contributed by atoms with van der Waals surface area (Å²) in [6, 6.07) is 0. The summed E-state index contributed by atoms with van der Waals surface area (Å²) < 4.78 is 0. The molecular formula is C18H28N2S2. The highest BCUT2D eigenvalue weighted by atomic mass is 32.1. The zero-order chi connectivity index (χ0) is 16.7. The fourth-order valence-electron chi connectivity index (χ4n) is 2.18. The van der Waals surface area contributed by atoms with Crippen LogP contribution >= 0.6 is 22.7 Å². The van der Waals surface area contributed by atoms with Crippen molar-refractivity contribution in [2.24, 2.45) is 0 Å². The zero-order valence-corrected chi connectivity index (χ0v) is 16.8. The molecule has 0 bridgehead atoms. The van der Waals surface area contributed by atoms with Gasteiger partial charge in [0.1, 0.15) is 0 Å². The van der Waals surface area contributed by atoms with Gasteiger partial charge in [-0.2, -0.15) is 0 Å². The molecule has 0 aromatic carbocycles. The zero-order valence-electron chi connectivity index (χ0n) is 15.1. The lowest BCUT2D eigenvalue weighted by atomic mass is 9.98. The number of thiazole rings is 2. The summed E-state index contributed by atoms with van der Waals surface area (Å²) in [5.41, 5.74) is 2.68. The summed E-state index contributed by atoms with van der Waals surface area (Å²) in [6.45, 7) is 17.8.